The van der Waals surface area contributed by atoms with Gasteiger partial charge in [-0.3, -0.25) is 14.5 Å². The summed E-state index contributed by atoms with van der Waals surface area (Å²) in [5.41, 5.74) is 2.16. The Kier molecular flexibility index (Phi) is 3.68. The molecule has 1 aromatic rings. The molecular formula is C16H20N2O3. The third-order valence-corrected chi connectivity index (χ3v) is 4.46. The average Bonchev–Trinajstić information content (AvgIpc) is 3.01. The molecule has 5 nitrogen and oxygen atoms in total. The molecule has 0 aromatic heterocycles. The van der Waals surface area contributed by atoms with Crippen molar-refractivity contribution in [3.63, 3.8) is 0 Å². The summed E-state index contributed by atoms with van der Waals surface area (Å²) < 4.78 is 0. The Morgan fingerprint density at radius 2 is 2.10 bits per heavy atom. The fourth-order valence-electron chi connectivity index (χ4n) is 3.49. The monoisotopic (exact) mass is 288 g/mol. The number of likely N-dealkylation sites (tertiary alicyclic amines) is 1. The largest absolute Gasteiger partial charge is 0.480 e. The van der Waals surface area contributed by atoms with Crippen molar-refractivity contribution in [2.75, 3.05) is 18.0 Å². The van der Waals surface area contributed by atoms with E-state index in [4.69, 9.17) is 0 Å². The van der Waals surface area contributed by atoms with Crippen molar-refractivity contribution in [1.29, 1.82) is 0 Å². The highest BCUT2D eigenvalue weighted by Crippen LogP contribution is 2.32. The van der Waals surface area contributed by atoms with E-state index in [2.05, 4.69) is 6.07 Å². The highest BCUT2D eigenvalue weighted by molar-refractivity contribution is 5.97. The van der Waals surface area contributed by atoms with Gasteiger partial charge >= 0.3 is 5.97 Å². The minimum atomic E-state index is -0.824. The van der Waals surface area contributed by atoms with E-state index in [9.17, 15) is 14.7 Å². The van der Waals surface area contributed by atoms with Gasteiger partial charge in [0.05, 0.1) is 6.54 Å². The number of hydrogen-bond donors (Lipinski definition) is 1. The van der Waals surface area contributed by atoms with Crippen LogP contribution in [0.5, 0.6) is 0 Å². The van der Waals surface area contributed by atoms with Crippen LogP contribution in [-0.4, -0.2) is 47.1 Å². The number of carbonyl (C=O) groups excluding carboxylic acids is 1. The van der Waals surface area contributed by atoms with Crippen LogP contribution in [0.3, 0.4) is 0 Å². The van der Waals surface area contributed by atoms with Gasteiger partial charge in [0.25, 0.3) is 0 Å². The number of nitrogens with zero attached hydrogens (tertiary/aromatic N) is 2. The molecule has 5 heteroatoms. The number of hydrogen-bond acceptors (Lipinski definition) is 3. The van der Waals surface area contributed by atoms with Gasteiger partial charge in [-0.2, -0.15) is 0 Å². The van der Waals surface area contributed by atoms with Gasteiger partial charge in [-0.25, -0.2) is 0 Å². The molecule has 1 aromatic carbocycles. The average molecular weight is 288 g/mol. The second-order valence-corrected chi connectivity index (χ2v) is 5.91. The zero-order valence-electron chi connectivity index (χ0n) is 12.2. The minimum Gasteiger partial charge on any atom is -0.480 e. The molecule has 2 aliphatic heterocycles. The van der Waals surface area contributed by atoms with Crippen molar-refractivity contribution in [3.8, 4) is 0 Å². The van der Waals surface area contributed by atoms with Gasteiger partial charge in [0.1, 0.15) is 6.04 Å². The predicted molar refractivity (Wildman–Crippen MR) is 79.3 cm³/mol. The summed E-state index contributed by atoms with van der Waals surface area (Å²) in [6, 6.07) is 7.57. The van der Waals surface area contributed by atoms with E-state index in [1.807, 2.05) is 30.0 Å². The number of carbonyl (C=O) groups is 2. The normalized spacial score (nSPS) is 25.1. The molecule has 0 spiro atoms. The van der Waals surface area contributed by atoms with Gasteiger partial charge in [0, 0.05) is 11.7 Å². The molecule has 3 rings (SSSR count). The molecule has 0 radical (unpaired) electrons. The Balaban J connectivity index is 1.75. The molecule has 0 unspecified atom stereocenters. The van der Waals surface area contributed by atoms with E-state index < -0.39 is 12.0 Å². The van der Waals surface area contributed by atoms with Gasteiger partial charge in [0.15, 0.2) is 0 Å². The Morgan fingerprint density at radius 3 is 2.86 bits per heavy atom. The first kappa shape index (κ1) is 14.1. The van der Waals surface area contributed by atoms with E-state index >= 15 is 0 Å². The summed E-state index contributed by atoms with van der Waals surface area (Å²) in [6.45, 7) is 2.92. The zero-order valence-corrected chi connectivity index (χ0v) is 12.2. The topological polar surface area (TPSA) is 60.9 Å². The predicted octanol–water partition coefficient (Wildman–Crippen LogP) is 1.51. The standard InChI is InChI=1S/C16H20N2O3/c1-11-9-12-5-2-3-6-13(12)18(11)15(19)10-17-8-4-7-14(17)16(20)21/h2-3,5-6,11,14H,4,7-10H2,1H3,(H,20,21)/t11-,14-/m1/s1. The van der Waals surface area contributed by atoms with Crippen molar-refractivity contribution in [1.82, 2.24) is 4.90 Å². The number of carboxylic acids is 1. The van der Waals surface area contributed by atoms with Crippen LogP contribution >= 0.6 is 0 Å². The highest BCUT2D eigenvalue weighted by Gasteiger charge is 2.36. The molecule has 112 valence electrons. The summed E-state index contributed by atoms with van der Waals surface area (Å²) in [6.07, 6.45) is 2.34. The van der Waals surface area contributed by atoms with Crippen molar-refractivity contribution < 1.29 is 14.7 Å². The maximum absolute atomic E-state index is 12.6. The van der Waals surface area contributed by atoms with Gasteiger partial charge in [-0.15, -0.1) is 0 Å². The van der Waals surface area contributed by atoms with Crippen LogP contribution < -0.4 is 4.90 Å². The van der Waals surface area contributed by atoms with Crippen molar-refractivity contribution >= 4 is 17.6 Å². The Labute approximate surface area is 124 Å². The summed E-state index contributed by atoms with van der Waals surface area (Å²) >= 11 is 0. The molecule has 1 N–H and O–H groups in total. The van der Waals surface area contributed by atoms with Gasteiger partial charge in [0.2, 0.25) is 5.91 Å². The molecule has 0 saturated carbocycles. The summed E-state index contributed by atoms with van der Waals surface area (Å²) in [7, 11) is 0. The lowest BCUT2D eigenvalue weighted by Crippen LogP contribution is -2.46. The molecular weight excluding hydrogens is 268 g/mol. The van der Waals surface area contributed by atoms with E-state index in [0.717, 1.165) is 18.5 Å². The van der Waals surface area contributed by atoms with Crippen LogP contribution in [0.2, 0.25) is 0 Å². The van der Waals surface area contributed by atoms with E-state index in [1.54, 1.807) is 4.90 Å². The zero-order chi connectivity index (χ0) is 15.0. The van der Waals surface area contributed by atoms with Crippen LogP contribution in [0.25, 0.3) is 0 Å². The number of carboxylic acid groups (broad SMARTS) is 1. The molecule has 1 saturated heterocycles. The summed E-state index contributed by atoms with van der Waals surface area (Å²) in [5.74, 6) is -0.823. The third kappa shape index (κ3) is 2.53. The maximum atomic E-state index is 12.6. The number of amides is 1. The van der Waals surface area contributed by atoms with Crippen LogP contribution in [0, 0.1) is 0 Å². The van der Waals surface area contributed by atoms with Gasteiger partial charge in [-0.05, 0) is 44.4 Å². The molecule has 1 fully saturated rings. The molecule has 1 amide bonds. The molecule has 2 aliphatic rings. The van der Waals surface area contributed by atoms with Crippen molar-refractivity contribution in [2.45, 2.75) is 38.3 Å². The summed E-state index contributed by atoms with van der Waals surface area (Å²) in [4.78, 5) is 27.5. The smallest absolute Gasteiger partial charge is 0.320 e. The quantitative estimate of drug-likeness (QED) is 0.916. The van der Waals surface area contributed by atoms with E-state index in [1.165, 1.54) is 5.56 Å². The number of rotatable bonds is 3. The van der Waals surface area contributed by atoms with E-state index in [-0.39, 0.29) is 18.5 Å². The van der Waals surface area contributed by atoms with E-state index in [0.29, 0.717) is 13.0 Å². The molecule has 21 heavy (non-hydrogen) atoms. The molecule has 2 atom stereocenters. The number of fused-ring (bicyclic) bond motifs is 1. The van der Waals surface area contributed by atoms with Crippen LogP contribution in [0.4, 0.5) is 5.69 Å². The Hall–Kier alpha value is -1.88. The van der Waals surface area contributed by atoms with Crippen LogP contribution in [0.1, 0.15) is 25.3 Å². The number of anilines is 1. The fourth-order valence-corrected chi connectivity index (χ4v) is 3.49. The second kappa shape index (κ2) is 5.48. The molecule has 0 aliphatic carbocycles. The van der Waals surface area contributed by atoms with Crippen LogP contribution in [-0.2, 0) is 16.0 Å². The van der Waals surface area contributed by atoms with Gasteiger partial charge in [-0.1, -0.05) is 18.2 Å². The lowest BCUT2D eigenvalue weighted by Gasteiger charge is -2.27. The lowest BCUT2D eigenvalue weighted by molar-refractivity contribution is -0.142. The second-order valence-electron chi connectivity index (χ2n) is 5.91. The van der Waals surface area contributed by atoms with Gasteiger partial charge < -0.3 is 10.0 Å². The Morgan fingerprint density at radius 1 is 1.33 bits per heavy atom. The third-order valence-electron chi connectivity index (χ3n) is 4.46. The number of benzene rings is 1. The Bertz CT molecular complexity index is 572. The first-order valence-corrected chi connectivity index (χ1v) is 7.44. The van der Waals surface area contributed by atoms with Crippen LogP contribution in [0.15, 0.2) is 24.3 Å². The first-order valence-electron chi connectivity index (χ1n) is 7.44. The molecule has 0 bridgehead atoms. The fraction of sp³-hybridized carbons (Fsp3) is 0.500. The van der Waals surface area contributed by atoms with Crippen molar-refractivity contribution in [3.05, 3.63) is 29.8 Å². The SMILES string of the molecule is C[C@@H]1Cc2ccccc2N1C(=O)CN1CCC[C@@H]1C(=O)O. The summed E-state index contributed by atoms with van der Waals surface area (Å²) in [5, 5.41) is 9.21. The van der Waals surface area contributed by atoms with Crippen molar-refractivity contribution in [2.24, 2.45) is 0 Å². The minimum absolute atomic E-state index is 0.000556. The number of para-hydroxylation sites is 1. The lowest BCUT2D eigenvalue weighted by atomic mass is 10.1. The number of aliphatic carboxylic acids is 1. The maximum Gasteiger partial charge on any atom is 0.320 e. The molecule has 2 heterocycles. The first-order chi connectivity index (χ1) is 10.1. The highest BCUT2D eigenvalue weighted by atomic mass is 16.4.